The quantitative estimate of drug-likeness (QED) is 0.291. The Bertz CT molecular complexity index is 1260. The van der Waals surface area contributed by atoms with Crippen LogP contribution in [0.1, 0.15) is 28.7 Å². The van der Waals surface area contributed by atoms with Crippen LogP contribution < -0.4 is 15.3 Å². The smallest absolute Gasteiger partial charge is 0.234 e. The maximum absolute atomic E-state index is 10.8. The van der Waals surface area contributed by atoms with Crippen LogP contribution in [0.3, 0.4) is 0 Å². The molecule has 0 saturated heterocycles. The molecular weight excluding hydrogens is 444 g/mol. The minimum absolute atomic E-state index is 0.511. The summed E-state index contributed by atoms with van der Waals surface area (Å²) in [5, 5.41) is 6.04. The van der Waals surface area contributed by atoms with Crippen molar-refractivity contribution < 1.29 is 14.3 Å². The number of carbonyl (C=O) groups excluding carboxylic acids is 1. The van der Waals surface area contributed by atoms with Gasteiger partial charge in [-0.25, -0.2) is 20.5 Å². The van der Waals surface area contributed by atoms with Gasteiger partial charge in [0.2, 0.25) is 6.29 Å². The van der Waals surface area contributed by atoms with Crippen molar-refractivity contribution >= 4 is 24.0 Å². The topological polar surface area (TPSA) is 107 Å². The number of benzene rings is 2. The van der Waals surface area contributed by atoms with E-state index in [9.17, 15) is 4.79 Å². The van der Waals surface area contributed by atoms with Gasteiger partial charge in [0.15, 0.2) is 0 Å². The van der Waals surface area contributed by atoms with Crippen molar-refractivity contribution in [3.63, 3.8) is 0 Å². The van der Waals surface area contributed by atoms with E-state index in [-0.39, 0.29) is 0 Å². The summed E-state index contributed by atoms with van der Waals surface area (Å²) >= 11 is 0. The molecule has 1 unspecified atom stereocenters. The highest BCUT2D eigenvalue weighted by molar-refractivity contribution is 6.00. The molecule has 1 aliphatic heterocycles. The Kier molecular flexibility index (Phi) is 7.37. The third-order valence-electron chi connectivity index (χ3n) is 5.77. The highest BCUT2D eigenvalue weighted by Crippen LogP contribution is 2.24. The molecule has 1 aromatic heterocycles. The number of nitrogens with zero attached hydrogens (tertiary/aromatic N) is 5. The van der Waals surface area contributed by atoms with Crippen LogP contribution in [0.5, 0.6) is 11.5 Å². The van der Waals surface area contributed by atoms with E-state index in [2.05, 4.69) is 5.10 Å². The molecule has 1 atom stereocenters. The molecule has 0 spiro atoms. The van der Waals surface area contributed by atoms with Gasteiger partial charge in [0.25, 0.3) is 0 Å². The molecule has 9 heteroatoms. The number of nitrogens with two attached hydrogens (primary N) is 1. The Morgan fingerprint density at radius 2 is 1.57 bits per heavy atom. The number of methoxy groups -OCH3 is 2. The Morgan fingerprint density at radius 1 is 0.971 bits per heavy atom. The number of rotatable bonds is 9. The lowest BCUT2D eigenvalue weighted by Crippen LogP contribution is -2.47. The van der Waals surface area contributed by atoms with Gasteiger partial charge in [0, 0.05) is 24.1 Å². The highest BCUT2D eigenvalue weighted by atomic mass is 16.5. The second kappa shape index (κ2) is 10.8. The van der Waals surface area contributed by atoms with E-state index in [0.29, 0.717) is 24.5 Å². The van der Waals surface area contributed by atoms with E-state index in [1.54, 1.807) is 31.2 Å². The number of aldehydes is 1. The van der Waals surface area contributed by atoms with Gasteiger partial charge in [-0.3, -0.25) is 9.80 Å². The number of allylic oxidation sites excluding steroid dienone is 1. The first-order valence-corrected chi connectivity index (χ1v) is 11.1. The molecule has 0 saturated carbocycles. The predicted octanol–water partition coefficient (Wildman–Crippen LogP) is 3.35. The number of amidine groups is 2. The Hall–Kier alpha value is -4.24. The van der Waals surface area contributed by atoms with Gasteiger partial charge in [-0.1, -0.05) is 24.3 Å². The van der Waals surface area contributed by atoms with Gasteiger partial charge in [0.05, 0.1) is 20.4 Å². The number of ether oxygens (including phenoxy) is 2. The fraction of sp³-hybridized carbons (Fsp3) is 0.231. The zero-order valence-electron chi connectivity index (χ0n) is 20.0. The van der Waals surface area contributed by atoms with Crippen LogP contribution in [-0.4, -0.2) is 47.0 Å². The zero-order valence-corrected chi connectivity index (χ0v) is 20.0. The van der Waals surface area contributed by atoms with E-state index < -0.39 is 6.29 Å². The minimum atomic E-state index is -0.618. The van der Waals surface area contributed by atoms with Crippen molar-refractivity contribution in [3.8, 4) is 11.5 Å². The second-order valence-corrected chi connectivity index (χ2v) is 8.00. The molecule has 0 bridgehead atoms. The highest BCUT2D eigenvalue weighted by Gasteiger charge is 2.28. The summed E-state index contributed by atoms with van der Waals surface area (Å²) in [5.41, 5.74) is 3.74. The SMILES string of the molecule is COc1ccc(CC2=NC(n3ncc(C=CC=O)c3C)N(N)C(Cc3ccc(OC)cc3)=N2)cc1. The predicted molar refractivity (Wildman–Crippen MR) is 135 cm³/mol. The average molecular weight is 473 g/mol. The third-order valence-corrected chi connectivity index (χ3v) is 5.77. The summed E-state index contributed by atoms with van der Waals surface area (Å²) in [7, 11) is 3.28. The van der Waals surface area contributed by atoms with Gasteiger partial charge in [-0.2, -0.15) is 5.10 Å². The van der Waals surface area contributed by atoms with Crippen LogP contribution in [-0.2, 0) is 17.6 Å². The van der Waals surface area contributed by atoms with Gasteiger partial charge < -0.3 is 9.47 Å². The molecule has 9 nitrogen and oxygen atoms in total. The molecule has 2 aromatic carbocycles. The zero-order chi connectivity index (χ0) is 24.8. The van der Waals surface area contributed by atoms with E-state index in [0.717, 1.165) is 40.2 Å². The maximum atomic E-state index is 10.8. The molecule has 180 valence electrons. The van der Waals surface area contributed by atoms with E-state index in [4.69, 9.17) is 25.3 Å². The van der Waals surface area contributed by atoms with E-state index in [1.807, 2.05) is 55.5 Å². The van der Waals surface area contributed by atoms with E-state index >= 15 is 0 Å². The molecular formula is C26H28N6O3. The molecule has 1 aliphatic rings. The number of aromatic nitrogens is 2. The van der Waals surface area contributed by atoms with Crippen LogP contribution in [0.2, 0.25) is 0 Å². The summed E-state index contributed by atoms with van der Waals surface area (Å²) < 4.78 is 12.3. The Morgan fingerprint density at radius 3 is 2.14 bits per heavy atom. The number of hydrogen-bond donors (Lipinski definition) is 1. The minimum Gasteiger partial charge on any atom is -0.497 e. The fourth-order valence-electron chi connectivity index (χ4n) is 3.78. The van der Waals surface area contributed by atoms with Gasteiger partial charge in [0.1, 0.15) is 29.5 Å². The molecule has 35 heavy (non-hydrogen) atoms. The summed E-state index contributed by atoms with van der Waals surface area (Å²) in [6.07, 6.45) is 5.99. The van der Waals surface area contributed by atoms with Gasteiger partial charge >= 0.3 is 0 Å². The van der Waals surface area contributed by atoms with Gasteiger partial charge in [-0.05, 0) is 54.5 Å². The normalized spacial score (nSPS) is 15.7. The fourth-order valence-corrected chi connectivity index (χ4v) is 3.78. The van der Waals surface area contributed by atoms with E-state index in [1.165, 1.54) is 11.1 Å². The molecule has 4 rings (SSSR count). The first-order chi connectivity index (χ1) is 17.0. The van der Waals surface area contributed by atoms with Crippen molar-refractivity contribution in [2.75, 3.05) is 14.2 Å². The number of hydrazine groups is 1. The van der Waals surface area contributed by atoms with Crippen molar-refractivity contribution in [1.29, 1.82) is 0 Å². The van der Waals surface area contributed by atoms with Crippen molar-refractivity contribution in [3.05, 3.63) is 83.2 Å². The molecule has 2 N–H and O–H groups in total. The summed E-state index contributed by atoms with van der Waals surface area (Å²) in [5.74, 6) is 9.43. The monoisotopic (exact) mass is 472 g/mol. The molecule has 0 fully saturated rings. The first kappa shape index (κ1) is 23.9. The standard InChI is InChI=1S/C26H28N6O3/c1-18-21(5-4-14-33)17-28-32(18)26-30-24(15-19-6-10-22(34-2)11-7-19)29-25(31(26)27)16-20-8-12-23(35-3)13-9-20/h4-14,17,26H,15-16,27H2,1-3H3. The van der Waals surface area contributed by atoms with Crippen LogP contribution in [0.15, 0.2) is 70.8 Å². The van der Waals surface area contributed by atoms with Crippen LogP contribution in [0.4, 0.5) is 0 Å². The largest absolute Gasteiger partial charge is 0.497 e. The third kappa shape index (κ3) is 5.47. The molecule has 0 aliphatic carbocycles. The summed E-state index contributed by atoms with van der Waals surface area (Å²) in [6.45, 7) is 1.92. The summed E-state index contributed by atoms with van der Waals surface area (Å²) in [6, 6.07) is 15.6. The molecule has 0 radical (unpaired) electrons. The number of carbonyl (C=O) groups is 1. The number of hydrogen-bond acceptors (Lipinski definition) is 8. The average Bonchev–Trinajstić information content (AvgIpc) is 3.25. The van der Waals surface area contributed by atoms with Crippen LogP contribution in [0.25, 0.3) is 6.08 Å². The molecule has 0 amide bonds. The molecule has 3 aromatic rings. The van der Waals surface area contributed by atoms with Crippen molar-refractivity contribution in [2.45, 2.75) is 26.1 Å². The van der Waals surface area contributed by atoms with Crippen molar-refractivity contribution in [1.82, 2.24) is 14.8 Å². The Labute approximate surface area is 204 Å². The lowest BCUT2D eigenvalue weighted by molar-refractivity contribution is -0.104. The van der Waals surface area contributed by atoms with Crippen LogP contribution >= 0.6 is 0 Å². The second-order valence-electron chi connectivity index (χ2n) is 8.00. The van der Waals surface area contributed by atoms with Gasteiger partial charge in [-0.15, -0.1) is 0 Å². The Balaban J connectivity index is 1.68. The van der Waals surface area contributed by atoms with Crippen molar-refractivity contribution in [2.24, 2.45) is 15.8 Å². The number of aliphatic imine (C=N–C) groups is 2. The van der Waals surface area contributed by atoms with Crippen LogP contribution in [0, 0.1) is 6.92 Å². The maximum Gasteiger partial charge on any atom is 0.234 e. The lowest BCUT2D eigenvalue weighted by Gasteiger charge is -2.32. The summed E-state index contributed by atoms with van der Waals surface area (Å²) in [4.78, 5) is 20.4. The lowest BCUT2D eigenvalue weighted by atomic mass is 10.1. The first-order valence-electron chi connectivity index (χ1n) is 11.1. The molecule has 2 heterocycles.